The Kier molecular flexibility index (Phi) is 5.96. The number of carbonyl (C=O) groups is 2. The summed E-state index contributed by atoms with van der Waals surface area (Å²) in [5.74, 6) is -0.970. The van der Waals surface area contributed by atoms with Gasteiger partial charge in [-0.05, 0) is 56.7 Å². The third kappa shape index (κ3) is 4.72. The molecule has 0 saturated carbocycles. The Morgan fingerprint density at radius 1 is 1.07 bits per heavy atom. The Hall–Kier alpha value is -3.94. The van der Waals surface area contributed by atoms with Crippen LogP contribution in [0.4, 0.5) is 11.4 Å². The number of hydrogen-bond donors (Lipinski definition) is 1. The lowest BCUT2D eigenvalue weighted by Crippen LogP contribution is -2.30. The van der Waals surface area contributed by atoms with Crippen LogP contribution >= 0.6 is 0 Å². The van der Waals surface area contributed by atoms with Gasteiger partial charge in [0.15, 0.2) is 6.10 Å². The second-order valence-corrected chi connectivity index (χ2v) is 6.82. The number of benzene rings is 2. The van der Waals surface area contributed by atoms with Crippen molar-refractivity contribution in [2.45, 2.75) is 26.9 Å². The van der Waals surface area contributed by atoms with E-state index in [4.69, 9.17) is 9.15 Å². The van der Waals surface area contributed by atoms with Crippen LogP contribution in [0.3, 0.4) is 0 Å². The minimum atomic E-state index is -1.04. The maximum Gasteiger partial charge on any atom is 0.375 e. The van der Waals surface area contributed by atoms with Crippen LogP contribution in [-0.4, -0.2) is 22.9 Å². The fraction of sp³-hybridized carbons (Fsp3) is 0.182. The number of nitro groups is 1. The number of nitrogens with zero attached hydrogens (tertiary/aromatic N) is 1. The minimum Gasteiger partial charge on any atom is -0.449 e. The van der Waals surface area contributed by atoms with Crippen molar-refractivity contribution in [2.75, 3.05) is 5.32 Å². The van der Waals surface area contributed by atoms with Gasteiger partial charge in [-0.1, -0.05) is 17.7 Å². The molecule has 0 spiro atoms. The molecule has 3 rings (SSSR count). The number of furan rings is 1. The van der Waals surface area contributed by atoms with Gasteiger partial charge in [-0.2, -0.15) is 0 Å². The summed E-state index contributed by atoms with van der Waals surface area (Å²) in [7, 11) is 0. The van der Waals surface area contributed by atoms with Gasteiger partial charge in [0.2, 0.25) is 5.76 Å². The number of ether oxygens (including phenoxy) is 1. The Bertz CT molecular complexity index is 1100. The molecule has 0 unspecified atom stereocenters. The maximum atomic E-state index is 12.4. The fourth-order valence-corrected chi connectivity index (χ4v) is 2.81. The molecule has 0 bridgehead atoms. The summed E-state index contributed by atoms with van der Waals surface area (Å²) in [4.78, 5) is 34.9. The SMILES string of the molecule is Cc1ccc(NC(=O)[C@@H](C)OC(=O)c2ccc(-c3ccc([N+](=O)[O-])cc3)o2)c(C)c1. The zero-order chi connectivity index (χ0) is 21.8. The Morgan fingerprint density at radius 2 is 1.77 bits per heavy atom. The number of nitro benzene ring substituents is 1. The summed E-state index contributed by atoms with van der Waals surface area (Å²) >= 11 is 0. The molecule has 0 saturated heterocycles. The van der Waals surface area contributed by atoms with Crippen molar-refractivity contribution < 1.29 is 23.7 Å². The van der Waals surface area contributed by atoms with E-state index in [2.05, 4.69) is 5.32 Å². The number of nitrogens with one attached hydrogen (secondary N) is 1. The highest BCUT2D eigenvalue weighted by Gasteiger charge is 2.22. The highest BCUT2D eigenvalue weighted by Crippen LogP contribution is 2.25. The van der Waals surface area contributed by atoms with Gasteiger partial charge in [-0.25, -0.2) is 4.79 Å². The van der Waals surface area contributed by atoms with E-state index < -0.39 is 22.9 Å². The summed E-state index contributed by atoms with van der Waals surface area (Å²) in [6.45, 7) is 5.30. The summed E-state index contributed by atoms with van der Waals surface area (Å²) in [5.41, 5.74) is 3.15. The first kappa shape index (κ1) is 20.8. The van der Waals surface area contributed by atoms with E-state index >= 15 is 0 Å². The van der Waals surface area contributed by atoms with E-state index in [0.29, 0.717) is 17.0 Å². The minimum absolute atomic E-state index is 0.0476. The lowest BCUT2D eigenvalue weighted by Gasteiger charge is -2.14. The standard InChI is InChI=1S/C22H20N2O6/c1-13-4-9-18(14(2)12-13)23-21(25)15(3)29-22(26)20-11-10-19(30-20)16-5-7-17(8-6-16)24(27)28/h4-12,15H,1-3H3,(H,23,25)/t15-/m1/s1. The average molecular weight is 408 g/mol. The summed E-state index contributed by atoms with van der Waals surface area (Å²) in [5, 5.41) is 13.5. The smallest absolute Gasteiger partial charge is 0.375 e. The monoisotopic (exact) mass is 408 g/mol. The van der Waals surface area contributed by atoms with E-state index in [0.717, 1.165) is 11.1 Å². The van der Waals surface area contributed by atoms with E-state index in [1.165, 1.54) is 37.3 Å². The molecule has 0 aliphatic heterocycles. The summed E-state index contributed by atoms with van der Waals surface area (Å²) < 4.78 is 10.7. The van der Waals surface area contributed by atoms with E-state index in [-0.39, 0.29) is 11.4 Å². The van der Waals surface area contributed by atoms with Crippen LogP contribution in [0.25, 0.3) is 11.3 Å². The second kappa shape index (κ2) is 8.60. The lowest BCUT2D eigenvalue weighted by atomic mass is 10.1. The molecule has 1 aromatic heterocycles. The number of carbonyl (C=O) groups excluding carboxylic acids is 2. The Morgan fingerprint density at radius 3 is 2.40 bits per heavy atom. The van der Waals surface area contributed by atoms with Gasteiger partial charge in [0.25, 0.3) is 11.6 Å². The Labute approximate surface area is 172 Å². The molecule has 3 aromatic rings. The molecular weight excluding hydrogens is 388 g/mol. The topological polar surface area (TPSA) is 112 Å². The molecule has 30 heavy (non-hydrogen) atoms. The number of hydrogen-bond acceptors (Lipinski definition) is 6. The van der Waals surface area contributed by atoms with Crippen molar-refractivity contribution in [3.8, 4) is 11.3 Å². The van der Waals surface area contributed by atoms with Crippen molar-refractivity contribution in [2.24, 2.45) is 0 Å². The zero-order valence-corrected chi connectivity index (χ0v) is 16.7. The van der Waals surface area contributed by atoms with Crippen molar-refractivity contribution in [3.05, 3.63) is 81.6 Å². The Balaban J connectivity index is 1.64. The molecule has 1 N–H and O–H groups in total. The molecule has 2 aromatic carbocycles. The predicted octanol–water partition coefficient (Wildman–Crippen LogP) is 4.66. The third-order valence-corrected chi connectivity index (χ3v) is 4.46. The van der Waals surface area contributed by atoms with Crippen LogP contribution in [0.1, 0.15) is 28.6 Å². The van der Waals surface area contributed by atoms with E-state index in [1.807, 2.05) is 26.0 Å². The second-order valence-electron chi connectivity index (χ2n) is 6.82. The van der Waals surface area contributed by atoms with E-state index in [1.54, 1.807) is 12.1 Å². The van der Waals surface area contributed by atoms with Gasteiger partial charge in [0.05, 0.1) is 4.92 Å². The van der Waals surface area contributed by atoms with Crippen molar-refractivity contribution in [1.29, 1.82) is 0 Å². The number of amides is 1. The van der Waals surface area contributed by atoms with Crippen LogP contribution in [0.2, 0.25) is 0 Å². The van der Waals surface area contributed by atoms with E-state index in [9.17, 15) is 19.7 Å². The quantitative estimate of drug-likeness (QED) is 0.361. The predicted molar refractivity (Wildman–Crippen MR) is 110 cm³/mol. The highest BCUT2D eigenvalue weighted by molar-refractivity contribution is 5.97. The molecule has 154 valence electrons. The van der Waals surface area contributed by atoms with Gasteiger partial charge in [0, 0.05) is 23.4 Å². The molecule has 0 fully saturated rings. The number of rotatable bonds is 6. The molecule has 8 nitrogen and oxygen atoms in total. The molecule has 0 radical (unpaired) electrons. The normalized spacial score (nSPS) is 11.6. The van der Waals surface area contributed by atoms with Gasteiger partial charge < -0.3 is 14.5 Å². The first-order valence-corrected chi connectivity index (χ1v) is 9.18. The highest BCUT2D eigenvalue weighted by atomic mass is 16.6. The molecule has 8 heteroatoms. The summed E-state index contributed by atoms with van der Waals surface area (Å²) in [6, 6.07) is 14.3. The first-order valence-electron chi connectivity index (χ1n) is 9.18. The zero-order valence-electron chi connectivity index (χ0n) is 16.7. The number of non-ortho nitro benzene ring substituents is 1. The van der Waals surface area contributed by atoms with Crippen molar-refractivity contribution in [3.63, 3.8) is 0 Å². The van der Waals surface area contributed by atoms with Crippen molar-refractivity contribution >= 4 is 23.3 Å². The van der Waals surface area contributed by atoms with Crippen LogP contribution in [0.5, 0.6) is 0 Å². The van der Waals surface area contributed by atoms with Gasteiger partial charge in [-0.3, -0.25) is 14.9 Å². The summed E-state index contributed by atoms with van der Waals surface area (Å²) in [6.07, 6.45) is -1.04. The van der Waals surface area contributed by atoms with Crippen LogP contribution in [0.15, 0.2) is 59.0 Å². The van der Waals surface area contributed by atoms with Gasteiger partial charge in [-0.15, -0.1) is 0 Å². The molecule has 0 aliphatic rings. The van der Waals surface area contributed by atoms with Crippen LogP contribution < -0.4 is 5.32 Å². The molecule has 1 heterocycles. The average Bonchev–Trinajstić information content (AvgIpc) is 3.20. The van der Waals surface area contributed by atoms with Gasteiger partial charge in [0.1, 0.15) is 5.76 Å². The fourth-order valence-electron chi connectivity index (χ4n) is 2.81. The van der Waals surface area contributed by atoms with Gasteiger partial charge >= 0.3 is 5.97 Å². The van der Waals surface area contributed by atoms with Crippen LogP contribution in [-0.2, 0) is 9.53 Å². The molecule has 1 atom stereocenters. The molecular formula is C22H20N2O6. The number of aryl methyl sites for hydroxylation is 2. The van der Waals surface area contributed by atoms with Crippen LogP contribution in [0, 0.1) is 24.0 Å². The molecule has 0 aliphatic carbocycles. The largest absolute Gasteiger partial charge is 0.449 e. The van der Waals surface area contributed by atoms with Crippen molar-refractivity contribution in [1.82, 2.24) is 0 Å². The first-order chi connectivity index (χ1) is 14.2. The lowest BCUT2D eigenvalue weighted by molar-refractivity contribution is -0.384. The molecule has 1 amide bonds. The maximum absolute atomic E-state index is 12.4. The number of esters is 1. The third-order valence-electron chi connectivity index (χ3n) is 4.46. The number of anilines is 1.